The Morgan fingerprint density at radius 2 is 2.60 bits per heavy atom. The summed E-state index contributed by atoms with van der Waals surface area (Å²) in [6.45, 7) is 0.935. The number of fused-ring (bicyclic) bond motifs is 1. The number of nitroso groups, excluding NO2 is 1. The number of aryl methyl sites for hydroxylation is 2. The fourth-order valence-corrected chi connectivity index (χ4v) is 1.29. The first-order valence-corrected chi connectivity index (χ1v) is 3.30. The molecule has 0 spiro atoms. The molecule has 0 saturated heterocycles. The molecule has 0 unspecified atom stereocenters. The van der Waals surface area contributed by atoms with Crippen molar-refractivity contribution in [3.05, 3.63) is 16.7 Å². The number of hydrogen-bond donors (Lipinski definition) is 0. The van der Waals surface area contributed by atoms with Gasteiger partial charge in [-0.15, -0.1) is 10.0 Å². The lowest BCUT2D eigenvalue weighted by molar-refractivity contribution is 0.658. The van der Waals surface area contributed by atoms with Gasteiger partial charge in [0.15, 0.2) is 0 Å². The van der Waals surface area contributed by atoms with Crippen molar-refractivity contribution < 1.29 is 0 Å². The van der Waals surface area contributed by atoms with Crippen LogP contribution in [0.1, 0.15) is 12.1 Å². The number of aromatic nitrogens is 2. The van der Waals surface area contributed by atoms with Crippen molar-refractivity contribution in [3.63, 3.8) is 0 Å². The van der Waals surface area contributed by atoms with E-state index in [1.54, 1.807) is 6.07 Å². The predicted octanol–water partition coefficient (Wildman–Crippen LogP) is 1.23. The second-order valence-electron chi connectivity index (χ2n) is 2.41. The predicted molar refractivity (Wildman–Crippen MR) is 36.0 cm³/mol. The molecule has 1 aromatic heterocycles. The second kappa shape index (κ2) is 1.90. The molecule has 0 atom stereocenters. The molecular formula is C6H7N3O. The molecule has 0 aliphatic carbocycles. The van der Waals surface area contributed by atoms with E-state index in [9.17, 15) is 4.91 Å². The minimum absolute atomic E-state index is 0.315. The molecule has 0 saturated carbocycles. The van der Waals surface area contributed by atoms with Crippen molar-refractivity contribution in [3.8, 4) is 0 Å². The first kappa shape index (κ1) is 5.58. The molecule has 0 bridgehead atoms. The fourth-order valence-electron chi connectivity index (χ4n) is 1.29. The molecule has 1 aliphatic heterocycles. The zero-order chi connectivity index (χ0) is 6.97. The largest absolute Gasteiger partial charge is 0.267 e. The molecule has 0 radical (unpaired) electrons. The first-order chi connectivity index (χ1) is 4.90. The normalized spacial score (nSPS) is 15.2. The van der Waals surface area contributed by atoms with Gasteiger partial charge in [0, 0.05) is 18.3 Å². The summed E-state index contributed by atoms with van der Waals surface area (Å²) in [5, 5.41) is 6.70. The van der Waals surface area contributed by atoms with Crippen LogP contribution in [-0.2, 0) is 13.0 Å². The zero-order valence-corrected chi connectivity index (χ0v) is 5.45. The SMILES string of the molecule is O=Nc1cc2n(n1)CCC2. The Bertz CT molecular complexity index is 244. The molecule has 1 aliphatic rings. The quantitative estimate of drug-likeness (QED) is 0.546. The summed E-state index contributed by atoms with van der Waals surface area (Å²) in [6, 6.07) is 1.75. The molecule has 4 nitrogen and oxygen atoms in total. The standard InChI is InChI=1S/C6H7N3O/c10-8-6-4-5-2-1-3-9(5)7-6/h4H,1-3H2. The molecule has 0 N–H and O–H groups in total. The van der Waals surface area contributed by atoms with Gasteiger partial charge in [-0.25, -0.2) is 0 Å². The molecule has 4 heteroatoms. The van der Waals surface area contributed by atoms with Crippen LogP contribution in [0.15, 0.2) is 11.2 Å². The molecule has 10 heavy (non-hydrogen) atoms. The average molecular weight is 137 g/mol. The Balaban J connectivity index is 2.46. The van der Waals surface area contributed by atoms with Crippen LogP contribution in [0.4, 0.5) is 5.82 Å². The highest BCUT2D eigenvalue weighted by Crippen LogP contribution is 2.19. The molecule has 0 amide bonds. The van der Waals surface area contributed by atoms with Crippen LogP contribution in [0.25, 0.3) is 0 Å². The second-order valence-corrected chi connectivity index (χ2v) is 2.41. The Morgan fingerprint density at radius 1 is 1.70 bits per heavy atom. The fraction of sp³-hybridized carbons (Fsp3) is 0.500. The molecular weight excluding hydrogens is 130 g/mol. The Labute approximate surface area is 57.8 Å². The van der Waals surface area contributed by atoms with Crippen molar-refractivity contribution in [2.75, 3.05) is 0 Å². The first-order valence-electron chi connectivity index (χ1n) is 3.30. The van der Waals surface area contributed by atoms with Gasteiger partial charge in [-0.3, -0.25) is 4.68 Å². The van der Waals surface area contributed by atoms with Gasteiger partial charge >= 0.3 is 0 Å². The Morgan fingerprint density at radius 3 is 3.30 bits per heavy atom. The van der Waals surface area contributed by atoms with Gasteiger partial charge in [0.2, 0.25) is 5.82 Å². The van der Waals surface area contributed by atoms with Crippen molar-refractivity contribution >= 4 is 5.82 Å². The third kappa shape index (κ3) is 0.650. The molecule has 0 fully saturated rings. The van der Waals surface area contributed by atoms with Gasteiger partial charge in [0.25, 0.3) is 0 Å². The van der Waals surface area contributed by atoms with Crippen LogP contribution < -0.4 is 0 Å². The molecule has 2 rings (SSSR count). The highest BCUT2D eigenvalue weighted by Gasteiger charge is 2.12. The van der Waals surface area contributed by atoms with Gasteiger partial charge in [0.1, 0.15) is 0 Å². The number of rotatable bonds is 1. The van der Waals surface area contributed by atoms with E-state index < -0.39 is 0 Å². The van der Waals surface area contributed by atoms with Gasteiger partial charge in [-0.05, 0) is 18.0 Å². The van der Waals surface area contributed by atoms with Gasteiger partial charge in [-0.1, -0.05) is 0 Å². The third-order valence-electron chi connectivity index (χ3n) is 1.75. The Kier molecular flexibility index (Phi) is 1.06. The molecule has 1 aromatic rings. The smallest absolute Gasteiger partial charge is 0.217 e. The van der Waals surface area contributed by atoms with Crippen LogP contribution in [0.2, 0.25) is 0 Å². The van der Waals surface area contributed by atoms with Crippen molar-refractivity contribution in [2.24, 2.45) is 5.18 Å². The van der Waals surface area contributed by atoms with E-state index in [-0.39, 0.29) is 0 Å². The molecule has 0 aromatic carbocycles. The van der Waals surface area contributed by atoms with Crippen molar-refractivity contribution in [1.29, 1.82) is 0 Å². The summed E-state index contributed by atoms with van der Waals surface area (Å²) >= 11 is 0. The van der Waals surface area contributed by atoms with Crippen molar-refractivity contribution in [2.45, 2.75) is 19.4 Å². The summed E-state index contributed by atoms with van der Waals surface area (Å²) < 4.78 is 1.84. The van der Waals surface area contributed by atoms with Crippen LogP contribution in [0.5, 0.6) is 0 Å². The topological polar surface area (TPSA) is 47.2 Å². The highest BCUT2D eigenvalue weighted by atomic mass is 16.3. The van der Waals surface area contributed by atoms with E-state index in [0.29, 0.717) is 5.82 Å². The maximum atomic E-state index is 9.99. The monoisotopic (exact) mass is 137 g/mol. The summed E-state index contributed by atoms with van der Waals surface area (Å²) in [7, 11) is 0. The number of nitrogens with zero attached hydrogens (tertiary/aromatic N) is 3. The van der Waals surface area contributed by atoms with E-state index in [2.05, 4.69) is 10.3 Å². The zero-order valence-electron chi connectivity index (χ0n) is 5.45. The van der Waals surface area contributed by atoms with Gasteiger partial charge in [-0.2, -0.15) is 0 Å². The minimum Gasteiger partial charge on any atom is -0.267 e. The molecule has 2 heterocycles. The lowest BCUT2D eigenvalue weighted by Crippen LogP contribution is -1.92. The summed E-state index contributed by atoms with van der Waals surface area (Å²) in [5.41, 5.74) is 1.13. The van der Waals surface area contributed by atoms with Crippen LogP contribution >= 0.6 is 0 Å². The van der Waals surface area contributed by atoms with Crippen molar-refractivity contribution in [1.82, 2.24) is 9.78 Å². The van der Waals surface area contributed by atoms with Crippen LogP contribution in [0.3, 0.4) is 0 Å². The van der Waals surface area contributed by atoms with Gasteiger partial charge < -0.3 is 0 Å². The third-order valence-corrected chi connectivity index (χ3v) is 1.75. The summed E-state index contributed by atoms with van der Waals surface area (Å²) in [4.78, 5) is 9.99. The maximum Gasteiger partial charge on any atom is 0.217 e. The average Bonchev–Trinajstić information content (AvgIpc) is 2.42. The summed E-state index contributed by atoms with van der Waals surface area (Å²) in [5.74, 6) is 0.315. The molecule has 52 valence electrons. The maximum absolute atomic E-state index is 9.99. The van der Waals surface area contributed by atoms with Gasteiger partial charge in [0.05, 0.1) is 0 Å². The number of hydrogen-bond acceptors (Lipinski definition) is 3. The van der Waals surface area contributed by atoms with Crippen LogP contribution in [-0.4, -0.2) is 9.78 Å². The summed E-state index contributed by atoms with van der Waals surface area (Å²) in [6.07, 6.45) is 2.17. The van der Waals surface area contributed by atoms with E-state index >= 15 is 0 Å². The lowest BCUT2D eigenvalue weighted by Gasteiger charge is -1.88. The highest BCUT2D eigenvalue weighted by molar-refractivity contribution is 5.29. The lowest BCUT2D eigenvalue weighted by atomic mass is 10.3. The van der Waals surface area contributed by atoms with E-state index in [0.717, 1.165) is 25.1 Å². The van der Waals surface area contributed by atoms with Crippen LogP contribution in [0, 0.1) is 4.91 Å². The Hall–Kier alpha value is -1.19. The van der Waals surface area contributed by atoms with E-state index in [4.69, 9.17) is 0 Å². The van der Waals surface area contributed by atoms with E-state index in [1.165, 1.54) is 0 Å². The van der Waals surface area contributed by atoms with E-state index in [1.807, 2.05) is 4.68 Å². The minimum atomic E-state index is 0.315.